The molecule has 1 N–H and O–H groups in total. The number of nitrogens with zero attached hydrogens (tertiary/aromatic N) is 2. The molecule has 214 valence electrons. The van der Waals surface area contributed by atoms with Crippen molar-refractivity contribution in [3.8, 4) is 17.6 Å². The summed E-state index contributed by atoms with van der Waals surface area (Å²) in [4.78, 5) is 34.6. The Morgan fingerprint density at radius 2 is 1.93 bits per heavy atom. The Hall–Kier alpha value is -3.31. The van der Waals surface area contributed by atoms with Gasteiger partial charge in [0.25, 0.3) is 6.20 Å². The molecule has 1 saturated carbocycles. The fourth-order valence-electron chi connectivity index (χ4n) is 5.57. The first-order chi connectivity index (χ1) is 18.9. The normalized spacial score (nSPS) is 22.9. The highest BCUT2D eigenvalue weighted by Crippen LogP contribution is 2.39. The molecule has 2 aliphatic carbocycles. The van der Waals surface area contributed by atoms with Crippen LogP contribution in [0.1, 0.15) is 87.7 Å². The summed E-state index contributed by atoms with van der Waals surface area (Å²) < 4.78 is 7.84. The second-order valence-electron chi connectivity index (χ2n) is 12.0. The van der Waals surface area contributed by atoms with Gasteiger partial charge in [-0.05, 0) is 84.3 Å². The number of carboxylic acids is 1. The van der Waals surface area contributed by atoms with E-state index in [9.17, 15) is 14.7 Å². The van der Waals surface area contributed by atoms with E-state index >= 15 is 0 Å². The van der Waals surface area contributed by atoms with Gasteiger partial charge in [0.1, 0.15) is 12.0 Å². The van der Waals surface area contributed by atoms with Crippen molar-refractivity contribution in [2.45, 2.75) is 85.3 Å². The molecule has 0 bridgehead atoms. The Kier molecular flexibility index (Phi) is 9.25. The van der Waals surface area contributed by atoms with Gasteiger partial charge in [0.15, 0.2) is 5.75 Å². The number of anilines is 1. The van der Waals surface area contributed by atoms with Crippen LogP contribution in [0, 0.1) is 29.1 Å². The first-order valence-corrected chi connectivity index (χ1v) is 14.9. The van der Waals surface area contributed by atoms with E-state index in [0.29, 0.717) is 17.0 Å². The topological polar surface area (TPSA) is 80.0 Å². The number of carbonyl (C=O) groups excluding carboxylic acids is 1. The predicted octanol–water partition coefficient (Wildman–Crippen LogP) is 5.91. The smallest absolute Gasteiger partial charge is 0.348 e. The number of rotatable bonds is 7. The van der Waals surface area contributed by atoms with E-state index in [2.05, 4.69) is 31.8 Å². The Balaban J connectivity index is 1.63. The molecule has 2 heterocycles. The number of ether oxygens (including phenoxy) is 1. The van der Waals surface area contributed by atoms with Crippen LogP contribution >= 0.6 is 11.3 Å². The van der Waals surface area contributed by atoms with Crippen molar-refractivity contribution >= 4 is 28.9 Å². The van der Waals surface area contributed by atoms with Gasteiger partial charge in [-0.1, -0.05) is 30.4 Å². The number of hydrogen-bond donors (Lipinski definition) is 1. The van der Waals surface area contributed by atoms with E-state index in [4.69, 9.17) is 9.57 Å². The van der Waals surface area contributed by atoms with E-state index in [1.165, 1.54) is 5.57 Å². The van der Waals surface area contributed by atoms with Gasteiger partial charge in [-0.3, -0.25) is 9.63 Å². The molecule has 2 atom stereocenters. The highest BCUT2D eigenvalue weighted by Gasteiger charge is 2.39. The largest absolute Gasteiger partial charge is 0.484 e. The molecule has 8 heteroatoms. The summed E-state index contributed by atoms with van der Waals surface area (Å²) in [6.45, 7) is 10.3. The standard InChI is InChI=1S/C32H40N2O5S/c1-21-9-14-27(22(2)18-21)30(35)34(28-19-26(15-16-32(3,4)5)40-29(28)31(36)37)23-10-12-24(13-11-23)39-25-8-7-17-33(20-25)38-6/h7-9,17,19-20,22-24,27H,10-14,18H2,1-6H3/p+1/t22-,23-,24-,27-/m0/s1. The Labute approximate surface area is 241 Å². The van der Waals surface area contributed by atoms with Crippen LogP contribution in [-0.4, -0.2) is 36.2 Å². The summed E-state index contributed by atoms with van der Waals surface area (Å²) in [5.74, 6) is 6.09. The second-order valence-corrected chi connectivity index (χ2v) is 13.1. The number of thiophene rings is 1. The summed E-state index contributed by atoms with van der Waals surface area (Å²) in [6, 6.07) is 5.48. The van der Waals surface area contributed by atoms with Gasteiger partial charge in [0.05, 0.1) is 16.7 Å². The molecule has 1 fully saturated rings. The molecule has 0 radical (unpaired) electrons. The predicted molar refractivity (Wildman–Crippen MR) is 157 cm³/mol. The van der Waals surface area contributed by atoms with Crippen LogP contribution in [0.15, 0.2) is 42.2 Å². The van der Waals surface area contributed by atoms with Gasteiger partial charge in [0, 0.05) is 28.2 Å². The second kappa shape index (κ2) is 12.5. The van der Waals surface area contributed by atoms with Crippen molar-refractivity contribution in [1.29, 1.82) is 0 Å². The zero-order chi connectivity index (χ0) is 29.0. The first-order valence-electron chi connectivity index (χ1n) is 14.1. The van der Waals surface area contributed by atoms with Crippen LogP contribution in [0.2, 0.25) is 0 Å². The zero-order valence-electron chi connectivity index (χ0n) is 24.4. The molecule has 0 aromatic carbocycles. The Morgan fingerprint density at radius 1 is 1.20 bits per heavy atom. The summed E-state index contributed by atoms with van der Waals surface area (Å²) in [5, 5.41) is 10.2. The van der Waals surface area contributed by atoms with E-state index in [-0.39, 0.29) is 40.2 Å². The zero-order valence-corrected chi connectivity index (χ0v) is 25.2. The maximum absolute atomic E-state index is 14.3. The van der Waals surface area contributed by atoms with Crippen LogP contribution in [0.3, 0.4) is 0 Å². The maximum atomic E-state index is 14.3. The van der Waals surface area contributed by atoms with Gasteiger partial charge in [-0.25, -0.2) is 4.79 Å². The fourth-order valence-corrected chi connectivity index (χ4v) is 6.41. The molecule has 4 rings (SSSR count). The van der Waals surface area contributed by atoms with E-state index < -0.39 is 5.97 Å². The monoisotopic (exact) mass is 565 g/mol. The van der Waals surface area contributed by atoms with Crippen molar-refractivity contribution in [2.75, 3.05) is 12.0 Å². The van der Waals surface area contributed by atoms with Crippen LogP contribution in [0.4, 0.5) is 5.69 Å². The molecule has 2 aromatic heterocycles. The summed E-state index contributed by atoms with van der Waals surface area (Å²) in [5.41, 5.74) is 1.57. The summed E-state index contributed by atoms with van der Waals surface area (Å²) in [6.07, 6.45) is 10.3. The summed E-state index contributed by atoms with van der Waals surface area (Å²) >= 11 is 1.15. The van der Waals surface area contributed by atoms with Gasteiger partial charge in [-0.15, -0.1) is 11.3 Å². The molecule has 1 amide bonds. The molecular weight excluding hydrogens is 524 g/mol. The van der Waals surface area contributed by atoms with Crippen LogP contribution in [0.25, 0.3) is 0 Å². The number of pyridine rings is 1. The number of carboxylic acid groups (broad SMARTS) is 1. The number of amides is 1. The van der Waals surface area contributed by atoms with Crippen molar-refractivity contribution in [1.82, 2.24) is 0 Å². The molecule has 40 heavy (non-hydrogen) atoms. The van der Waals surface area contributed by atoms with Gasteiger partial charge < -0.3 is 14.7 Å². The van der Waals surface area contributed by atoms with Gasteiger partial charge >= 0.3 is 5.97 Å². The lowest BCUT2D eigenvalue weighted by Crippen LogP contribution is -2.48. The molecule has 2 aliphatic rings. The number of carbonyl (C=O) groups is 2. The number of aromatic carboxylic acids is 1. The molecule has 0 saturated heterocycles. The minimum absolute atomic E-state index is 0.00901. The number of aromatic nitrogens is 1. The first kappa shape index (κ1) is 29.7. The molecule has 0 aliphatic heterocycles. The quantitative estimate of drug-likeness (QED) is 0.257. The number of allylic oxidation sites excluding steroid dienone is 2. The Bertz CT molecular complexity index is 1320. The van der Waals surface area contributed by atoms with Crippen molar-refractivity contribution in [2.24, 2.45) is 17.3 Å². The molecular formula is C32H41N2O5S+. The minimum atomic E-state index is -1.03. The fraction of sp³-hybridized carbons (Fsp3) is 0.531. The SMILES string of the molecule is CO[n+]1cccc(O[C@H]2CC[C@H](N(C(=O)[C@H]3CC=C(C)C[C@@H]3C)c3cc(C#CC(C)(C)C)sc3C(=O)O)CC2)c1. The van der Waals surface area contributed by atoms with Crippen molar-refractivity contribution in [3.05, 3.63) is 52.0 Å². The molecule has 0 unspecified atom stereocenters. The number of hydrogen-bond acceptors (Lipinski definition) is 5. The van der Waals surface area contributed by atoms with Crippen LogP contribution in [-0.2, 0) is 4.79 Å². The van der Waals surface area contributed by atoms with E-state index in [1.807, 2.05) is 43.9 Å². The lowest BCUT2D eigenvalue weighted by Gasteiger charge is -2.40. The highest BCUT2D eigenvalue weighted by molar-refractivity contribution is 7.15. The van der Waals surface area contributed by atoms with Gasteiger partial charge in [0.2, 0.25) is 12.1 Å². The molecule has 7 nitrogen and oxygen atoms in total. The highest BCUT2D eigenvalue weighted by atomic mass is 32.1. The van der Waals surface area contributed by atoms with E-state index in [1.54, 1.807) is 24.2 Å². The minimum Gasteiger partial charge on any atom is -0.484 e. The van der Waals surface area contributed by atoms with Crippen LogP contribution < -0.4 is 19.2 Å². The third kappa shape index (κ3) is 7.25. The Morgan fingerprint density at radius 3 is 2.55 bits per heavy atom. The third-order valence-corrected chi connectivity index (χ3v) is 8.63. The van der Waals surface area contributed by atoms with Gasteiger partial charge in [-0.2, -0.15) is 0 Å². The lowest BCUT2D eigenvalue weighted by atomic mass is 9.79. The van der Waals surface area contributed by atoms with Crippen molar-refractivity contribution < 1.29 is 29.0 Å². The average molecular weight is 566 g/mol. The molecule has 0 spiro atoms. The molecule has 2 aromatic rings. The van der Waals surface area contributed by atoms with Crippen molar-refractivity contribution in [3.63, 3.8) is 0 Å². The van der Waals surface area contributed by atoms with Crippen LogP contribution in [0.5, 0.6) is 5.75 Å². The lowest BCUT2D eigenvalue weighted by molar-refractivity contribution is -0.885. The van der Waals surface area contributed by atoms with E-state index in [0.717, 1.165) is 49.2 Å². The summed E-state index contributed by atoms with van der Waals surface area (Å²) in [7, 11) is 1.60. The average Bonchev–Trinajstić information content (AvgIpc) is 3.32. The third-order valence-electron chi connectivity index (χ3n) is 7.60. The maximum Gasteiger partial charge on any atom is 0.348 e.